The highest BCUT2D eigenvalue weighted by Gasteiger charge is 2.13. The SMILES string of the molecule is Cc1c(Cl)cccc1/C(=N\O)c1cccc(Nc2cc(C(=O)O)cc(Cl)n2)c1. The molecule has 6 nitrogen and oxygen atoms in total. The predicted molar refractivity (Wildman–Crippen MR) is 110 cm³/mol. The van der Waals surface area contributed by atoms with Gasteiger partial charge in [-0.3, -0.25) is 0 Å². The van der Waals surface area contributed by atoms with E-state index < -0.39 is 5.97 Å². The second-order valence-electron chi connectivity index (χ2n) is 5.94. The van der Waals surface area contributed by atoms with Crippen LogP contribution < -0.4 is 5.32 Å². The standard InChI is InChI=1S/C20H15Cl2N3O3/c1-11-15(6-3-7-16(11)21)19(25-28)12-4-2-5-14(8-12)23-18-10-13(20(26)27)9-17(22)24-18/h2-10,28H,1H3,(H,23,24)(H,26,27)/b25-19-. The molecule has 1 heterocycles. The Kier molecular flexibility index (Phi) is 5.82. The maximum atomic E-state index is 11.2. The smallest absolute Gasteiger partial charge is 0.335 e. The Balaban J connectivity index is 1.96. The molecule has 0 saturated carbocycles. The van der Waals surface area contributed by atoms with Crippen LogP contribution in [0.3, 0.4) is 0 Å². The number of benzene rings is 2. The lowest BCUT2D eigenvalue weighted by Gasteiger charge is -2.12. The van der Waals surface area contributed by atoms with E-state index in [1.807, 2.05) is 13.0 Å². The van der Waals surface area contributed by atoms with Crippen LogP contribution in [0.25, 0.3) is 0 Å². The van der Waals surface area contributed by atoms with Gasteiger partial charge in [-0.2, -0.15) is 0 Å². The summed E-state index contributed by atoms with van der Waals surface area (Å²) in [5.41, 5.74) is 3.11. The van der Waals surface area contributed by atoms with Crippen molar-refractivity contribution in [3.63, 3.8) is 0 Å². The van der Waals surface area contributed by atoms with Gasteiger partial charge in [0.1, 0.15) is 16.7 Å². The van der Waals surface area contributed by atoms with E-state index in [0.29, 0.717) is 27.5 Å². The Morgan fingerprint density at radius 1 is 1.07 bits per heavy atom. The maximum absolute atomic E-state index is 11.2. The normalized spacial score (nSPS) is 11.3. The van der Waals surface area contributed by atoms with Crippen molar-refractivity contribution >= 4 is 46.4 Å². The minimum atomic E-state index is -1.10. The molecule has 0 saturated heterocycles. The van der Waals surface area contributed by atoms with Crippen LogP contribution in [0.1, 0.15) is 27.0 Å². The van der Waals surface area contributed by atoms with Gasteiger partial charge in [0.25, 0.3) is 0 Å². The van der Waals surface area contributed by atoms with Crippen LogP contribution in [-0.4, -0.2) is 27.0 Å². The molecule has 0 unspecified atom stereocenters. The quantitative estimate of drug-likeness (QED) is 0.225. The lowest BCUT2D eigenvalue weighted by Crippen LogP contribution is -2.07. The number of hydrogen-bond acceptors (Lipinski definition) is 5. The van der Waals surface area contributed by atoms with Crippen LogP contribution in [0.2, 0.25) is 10.2 Å². The van der Waals surface area contributed by atoms with Crippen LogP contribution in [-0.2, 0) is 0 Å². The first-order valence-corrected chi connectivity index (χ1v) is 8.90. The fourth-order valence-electron chi connectivity index (χ4n) is 2.71. The monoisotopic (exact) mass is 415 g/mol. The predicted octanol–water partition coefficient (Wildman–Crippen LogP) is 5.37. The Labute approximate surface area is 171 Å². The summed E-state index contributed by atoms with van der Waals surface area (Å²) in [4.78, 5) is 15.3. The molecule has 0 spiro atoms. The molecule has 142 valence electrons. The lowest BCUT2D eigenvalue weighted by atomic mass is 9.98. The topological polar surface area (TPSA) is 94.8 Å². The number of nitrogens with zero attached hydrogens (tertiary/aromatic N) is 2. The van der Waals surface area contributed by atoms with Gasteiger partial charge >= 0.3 is 5.97 Å². The fourth-order valence-corrected chi connectivity index (χ4v) is 3.09. The number of rotatable bonds is 5. The first-order valence-electron chi connectivity index (χ1n) is 8.15. The third kappa shape index (κ3) is 4.24. The molecule has 1 aromatic heterocycles. The third-order valence-electron chi connectivity index (χ3n) is 4.07. The van der Waals surface area contributed by atoms with E-state index in [1.54, 1.807) is 36.4 Å². The summed E-state index contributed by atoms with van der Waals surface area (Å²) in [7, 11) is 0. The average molecular weight is 416 g/mol. The lowest BCUT2D eigenvalue weighted by molar-refractivity contribution is 0.0697. The zero-order valence-corrected chi connectivity index (χ0v) is 16.2. The van der Waals surface area contributed by atoms with Crippen LogP contribution >= 0.6 is 23.2 Å². The molecular weight excluding hydrogens is 401 g/mol. The molecule has 0 atom stereocenters. The highest BCUT2D eigenvalue weighted by Crippen LogP contribution is 2.25. The van der Waals surface area contributed by atoms with Crippen molar-refractivity contribution in [2.75, 3.05) is 5.32 Å². The van der Waals surface area contributed by atoms with E-state index in [4.69, 9.17) is 28.3 Å². The minimum Gasteiger partial charge on any atom is -0.478 e. The highest BCUT2D eigenvalue weighted by atomic mass is 35.5. The molecule has 0 aliphatic rings. The molecule has 8 heteroatoms. The van der Waals surface area contributed by atoms with E-state index in [1.165, 1.54) is 12.1 Å². The van der Waals surface area contributed by atoms with Crippen molar-refractivity contribution in [2.24, 2.45) is 5.16 Å². The largest absolute Gasteiger partial charge is 0.478 e. The third-order valence-corrected chi connectivity index (χ3v) is 4.68. The zero-order valence-electron chi connectivity index (χ0n) is 14.6. The van der Waals surface area contributed by atoms with Crippen LogP contribution in [0.5, 0.6) is 0 Å². The van der Waals surface area contributed by atoms with E-state index in [-0.39, 0.29) is 16.5 Å². The van der Waals surface area contributed by atoms with Crippen molar-refractivity contribution in [1.29, 1.82) is 0 Å². The number of hydrogen-bond donors (Lipinski definition) is 3. The molecule has 0 radical (unpaired) electrons. The van der Waals surface area contributed by atoms with Gasteiger partial charge in [-0.05, 0) is 42.8 Å². The average Bonchev–Trinajstić information content (AvgIpc) is 2.65. The molecule has 0 aliphatic heterocycles. The molecular formula is C20H15Cl2N3O3. The molecule has 28 heavy (non-hydrogen) atoms. The number of carboxylic acid groups (broad SMARTS) is 1. The van der Waals surface area contributed by atoms with Gasteiger partial charge in [-0.1, -0.05) is 52.6 Å². The molecule has 3 aromatic rings. The highest BCUT2D eigenvalue weighted by molar-refractivity contribution is 6.32. The molecule has 3 rings (SSSR count). The molecule has 0 fully saturated rings. The Morgan fingerprint density at radius 2 is 1.82 bits per heavy atom. The van der Waals surface area contributed by atoms with Gasteiger partial charge in [0, 0.05) is 21.8 Å². The van der Waals surface area contributed by atoms with Gasteiger partial charge in [0.2, 0.25) is 0 Å². The van der Waals surface area contributed by atoms with Crippen LogP contribution in [0.15, 0.2) is 59.8 Å². The second kappa shape index (κ2) is 8.29. The summed E-state index contributed by atoms with van der Waals surface area (Å²) in [6, 6.07) is 15.1. The number of pyridine rings is 1. The van der Waals surface area contributed by atoms with Crippen molar-refractivity contribution in [1.82, 2.24) is 4.98 Å². The molecule has 3 N–H and O–H groups in total. The zero-order chi connectivity index (χ0) is 20.3. The second-order valence-corrected chi connectivity index (χ2v) is 6.73. The number of aromatic carboxylic acids is 1. The molecule has 0 bridgehead atoms. The van der Waals surface area contributed by atoms with E-state index in [0.717, 1.165) is 5.56 Å². The van der Waals surface area contributed by atoms with Crippen molar-refractivity contribution in [3.8, 4) is 0 Å². The summed E-state index contributed by atoms with van der Waals surface area (Å²) in [6.45, 7) is 1.84. The summed E-state index contributed by atoms with van der Waals surface area (Å²) >= 11 is 12.1. The van der Waals surface area contributed by atoms with E-state index in [2.05, 4.69) is 15.5 Å². The number of halogens is 2. The van der Waals surface area contributed by atoms with Gasteiger partial charge < -0.3 is 15.6 Å². The maximum Gasteiger partial charge on any atom is 0.335 e. The summed E-state index contributed by atoms with van der Waals surface area (Å²) in [5.74, 6) is -0.823. The summed E-state index contributed by atoms with van der Waals surface area (Å²) in [5, 5.41) is 25.8. The fraction of sp³-hybridized carbons (Fsp3) is 0.0500. The van der Waals surface area contributed by atoms with Crippen LogP contribution in [0, 0.1) is 6.92 Å². The molecule has 0 aliphatic carbocycles. The molecule has 0 amide bonds. The van der Waals surface area contributed by atoms with Gasteiger partial charge in [0.15, 0.2) is 0 Å². The number of carboxylic acids is 1. The first kappa shape index (κ1) is 19.7. The Morgan fingerprint density at radius 3 is 2.54 bits per heavy atom. The minimum absolute atomic E-state index is 0.0193. The van der Waals surface area contributed by atoms with Gasteiger partial charge in [0.05, 0.1) is 5.56 Å². The number of oxime groups is 1. The molecule has 2 aromatic carbocycles. The van der Waals surface area contributed by atoms with E-state index in [9.17, 15) is 10.0 Å². The summed E-state index contributed by atoms with van der Waals surface area (Å²) in [6.07, 6.45) is 0. The van der Waals surface area contributed by atoms with E-state index >= 15 is 0 Å². The Bertz CT molecular complexity index is 1080. The number of nitrogens with one attached hydrogen (secondary N) is 1. The van der Waals surface area contributed by atoms with Gasteiger partial charge in [-0.15, -0.1) is 0 Å². The van der Waals surface area contributed by atoms with Crippen molar-refractivity contribution < 1.29 is 15.1 Å². The number of carbonyl (C=O) groups is 1. The number of aromatic nitrogens is 1. The van der Waals surface area contributed by atoms with Gasteiger partial charge in [-0.25, -0.2) is 9.78 Å². The van der Waals surface area contributed by atoms with Crippen molar-refractivity contribution in [3.05, 3.63) is 87.0 Å². The number of anilines is 2. The Hall–Kier alpha value is -3.09. The summed E-state index contributed by atoms with van der Waals surface area (Å²) < 4.78 is 0. The first-order chi connectivity index (χ1) is 13.4. The van der Waals surface area contributed by atoms with Crippen molar-refractivity contribution in [2.45, 2.75) is 6.92 Å². The van der Waals surface area contributed by atoms with Crippen LogP contribution in [0.4, 0.5) is 11.5 Å².